The zero-order chi connectivity index (χ0) is 18.0. The smallest absolute Gasteiger partial charge is 0.344 e. The van der Waals surface area contributed by atoms with Crippen LogP contribution in [0.15, 0.2) is 12.7 Å². The molecular formula is C13H18O10S. The minimum Gasteiger partial charge on any atom is -0.454 e. The summed E-state index contributed by atoms with van der Waals surface area (Å²) in [4.78, 5) is 22.8. The van der Waals surface area contributed by atoms with Gasteiger partial charge in [0, 0.05) is 6.08 Å². The summed E-state index contributed by atoms with van der Waals surface area (Å²) in [6.07, 6.45) is -1.30. The number of ether oxygens (including phenoxy) is 3. The Bertz CT molecular complexity index is 594. The third-order valence-electron chi connectivity index (χ3n) is 4.18. The highest BCUT2D eigenvalue weighted by Crippen LogP contribution is 2.53. The Balaban J connectivity index is 2.19. The van der Waals surface area contributed by atoms with Crippen molar-refractivity contribution in [1.29, 1.82) is 0 Å². The number of carbonyl (C=O) groups is 2. The maximum absolute atomic E-state index is 11.8. The fourth-order valence-electron chi connectivity index (χ4n) is 3.06. The first kappa shape index (κ1) is 18.8. The molecule has 0 aromatic heterocycles. The molecule has 2 rings (SSSR count). The highest BCUT2D eigenvalue weighted by molar-refractivity contribution is 7.67. The van der Waals surface area contributed by atoms with Crippen molar-refractivity contribution in [1.82, 2.24) is 0 Å². The van der Waals surface area contributed by atoms with Gasteiger partial charge in [-0.25, -0.2) is 18.0 Å². The van der Waals surface area contributed by atoms with E-state index in [1.807, 2.05) is 0 Å². The lowest BCUT2D eigenvalue weighted by molar-refractivity contribution is -0.172. The second-order valence-corrected chi connectivity index (χ2v) is 6.18. The summed E-state index contributed by atoms with van der Waals surface area (Å²) >= 11 is 0. The van der Waals surface area contributed by atoms with Gasteiger partial charge in [0.25, 0.3) is 11.0 Å². The Kier molecular flexibility index (Phi) is 5.60. The Labute approximate surface area is 139 Å². The lowest BCUT2D eigenvalue weighted by atomic mass is 9.78. The molecule has 0 aliphatic carbocycles. The standard InChI is InChI=1S/C13H18O10S/c1-2-8(16)20-5-9(17)21-10-11(22-24(18)19)13(7-15)4-3-12(10,6-14)23-13/h2,10-11,14-15,24H,1,3-7H2. The molecule has 0 amide bonds. The van der Waals surface area contributed by atoms with Crippen LogP contribution in [0.3, 0.4) is 0 Å². The summed E-state index contributed by atoms with van der Waals surface area (Å²) in [5.41, 5.74) is -2.79. The van der Waals surface area contributed by atoms with Gasteiger partial charge in [-0.1, -0.05) is 6.58 Å². The molecule has 0 saturated carbocycles. The number of carbonyl (C=O) groups excluding carboxylic acids is 2. The second kappa shape index (κ2) is 7.15. The molecule has 4 unspecified atom stereocenters. The van der Waals surface area contributed by atoms with E-state index in [4.69, 9.17) is 13.7 Å². The van der Waals surface area contributed by atoms with E-state index in [2.05, 4.69) is 11.3 Å². The molecule has 2 saturated heterocycles. The van der Waals surface area contributed by atoms with E-state index in [1.165, 1.54) is 0 Å². The fraction of sp³-hybridized carbons (Fsp3) is 0.692. The number of hydrogen-bond donors (Lipinski definition) is 3. The number of aliphatic hydroxyl groups excluding tert-OH is 2. The molecule has 0 aromatic carbocycles. The van der Waals surface area contributed by atoms with Crippen molar-refractivity contribution in [3.8, 4) is 0 Å². The van der Waals surface area contributed by atoms with E-state index in [1.54, 1.807) is 0 Å². The van der Waals surface area contributed by atoms with Crippen molar-refractivity contribution in [2.75, 3.05) is 19.8 Å². The van der Waals surface area contributed by atoms with E-state index in [0.29, 0.717) is 0 Å². The number of thiol groups is 1. The highest BCUT2D eigenvalue weighted by Gasteiger charge is 2.70. The zero-order valence-corrected chi connectivity index (χ0v) is 13.5. The van der Waals surface area contributed by atoms with Gasteiger partial charge >= 0.3 is 11.9 Å². The van der Waals surface area contributed by atoms with Crippen molar-refractivity contribution in [3.63, 3.8) is 0 Å². The van der Waals surface area contributed by atoms with Crippen LogP contribution in [-0.2, 0) is 39.0 Å². The van der Waals surface area contributed by atoms with Crippen molar-refractivity contribution in [2.45, 2.75) is 36.3 Å². The molecule has 136 valence electrons. The average Bonchev–Trinajstić information content (AvgIpc) is 3.06. The van der Waals surface area contributed by atoms with Gasteiger partial charge in [0.05, 0.1) is 13.2 Å². The van der Waals surface area contributed by atoms with Gasteiger partial charge in [-0.15, -0.1) is 0 Å². The molecule has 10 nitrogen and oxygen atoms in total. The minimum absolute atomic E-state index is 0.220. The SMILES string of the molecule is C=CC(=O)OCC(=O)OC1C(O[SH](=O)=O)C2(CO)CCC1(CO)O2. The van der Waals surface area contributed by atoms with Crippen LogP contribution in [0.5, 0.6) is 0 Å². The van der Waals surface area contributed by atoms with Gasteiger partial charge in [0.2, 0.25) is 0 Å². The first-order valence-corrected chi connectivity index (χ1v) is 8.14. The predicted octanol–water partition coefficient (Wildman–Crippen LogP) is -2.17. The van der Waals surface area contributed by atoms with Crippen molar-refractivity contribution >= 4 is 22.9 Å². The second-order valence-electron chi connectivity index (χ2n) is 5.52. The van der Waals surface area contributed by atoms with Gasteiger partial charge in [-0.2, -0.15) is 0 Å². The largest absolute Gasteiger partial charge is 0.454 e. The summed E-state index contributed by atoms with van der Waals surface area (Å²) in [5, 5.41) is 19.2. The van der Waals surface area contributed by atoms with Gasteiger partial charge in [0.15, 0.2) is 12.7 Å². The molecule has 2 bridgehead atoms. The summed E-state index contributed by atoms with van der Waals surface area (Å²) in [6.45, 7) is 1.28. The first-order valence-electron chi connectivity index (χ1n) is 7.04. The molecule has 2 fully saturated rings. The zero-order valence-electron chi connectivity index (χ0n) is 12.6. The van der Waals surface area contributed by atoms with Crippen LogP contribution in [0.25, 0.3) is 0 Å². The lowest BCUT2D eigenvalue weighted by Gasteiger charge is -2.35. The minimum atomic E-state index is -3.32. The molecule has 0 radical (unpaired) electrons. The Hall–Kier alpha value is -1.53. The number of rotatable bonds is 8. The van der Waals surface area contributed by atoms with E-state index in [-0.39, 0.29) is 12.8 Å². The Morgan fingerprint density at radius 1 is 1.21 bits per heavy atom. The maximum Gasteiger partial charge on any atom is 0.344 e. The first-order chi connectivity index (χ1) is 11.3. The van der Waals surface area contributed by atoms with Crippen molar-refractivity contribution in [2.24, 2.45) is 0 Å². The third-order valence-corrected chi connectivity index (χ3v) is 4.58. The highest BCUT2D eigenvalue weighted by atomic mass is 32.2. The Morgan fingerprint density at radius 3 is 2.29 bits per heavy atom. The normalized spacial score (nSPS) is 34.3. The van der Waals surface area contributed by atoms with Gasteiger partial charge in [0.1, 0.15) is 17.3 Å². The van der Waals surface area contributed by atoms with Crippen LogP contribution in [-0.4, -0.2) is 73.8 Å². The van der Waals surface area contributed by atoms with E-state index in [0.717, 1.165) is 6.08 Å². The van der Waals surface area contributed by atoms with Crippen LogP contribution in [0.1, 0.15) is 12.8 Å². The summed E-state index contributed by atoms with van der Waals surface area (Å²) < 4.78 is 42.0. The van der Waals surface area contributed by atoms with Crippen LogP contribution >= 0.6 is 0 Å². The topological polar surface area (TPSA) is 146 Å². The van der Waals surface area contributed by atoms with Crippen LogP contribution < -0.4 is 0 Å². The molecule has 0 spiro atoms. The quantitative estimate of drug-likeness (QED) is 0.246. The van der Waals surface area contributed by atoms with Crippen LogP contribution in [0.4, 0.5) is 0 Å². The predicted molar refractivity (Wildman–Crippen MR) is 76.2 cm³/mol. The number of aliphatic hydroxyl groups is 2. The molecule has 2 aliphatic rings. The van der Waals surface area contributed by atoms with E-state index >= 15 is 0 Å². The molecular weight excluding hydrogens is 348 g/mol. The van der Waals surface area contributed by atoms with Crippen LogP contribution in [0.2, 0.25) is 0 Å². The fourth-order valence-corrected chi connectivity index (χ4v) is 3.55. The lowest BCUT2D eigenvalue weighted by Crippen LogP contribution is -2.55. The third kappa shape index (κ3) is 3.30. The van der Waals surface area contributed by atoms with Crippen molar-refractivity contribution in [3.05, 3.63) is 12.7 Å². The maximum atomic E-state index is 11.8. The molecule has 2 heterocycles. The summed E-state index contributed by atoms with van der Waals surface area (Å²) in [7, 11) is -3.32. The monoisotopic (exact) mass is 366 g/mol. The molecule has 0 aromatic rings. The molecule has 24 heavy (non-hydrogen) atoms. The number of fused-ring (bicyclic) bond motifs is 2. The summed E-state index contributed by atoms with van der Waals surface area (Å²) in [5.74, 6) is -1.82. The van der Waals surface area contributed by atoms with Crippen molar-refractivity contribution < 1.29 is 46.6 Å². The van der Waals surface area contributed by atoms with Crippen LogP contribution in [0, 0.1) is 0 Å². The van der Waals surface area contributed by atoms with E-state index in [9.17, 15) is 28.2 Å². The van der Waals surface area contributed by atoms with E-state index < -0.39 is 66.2 Å². The number of hydrogen-bond acceptors (Lipinski definition) is 10. The van der Waals surface area contributed by atoms with Gasteiger partial charge in [-0.05, 0) is 12.8 Å². The number of esters is 2. The molecule has 4 atom stereocenters. The molecule has 2 N–H and O–H groups in total. The van der Waals surface area contributed by atoms with Gasteiger partial charge in [-0.3, -0.25) is 4.18 Å². The molecule has 11 heteroatoms. The summed E-state index contributed by atoms with van der Waals surface area (Å²) in [6, 6.07) is 0. The Morgan fingerprint density at radius 2 is 1.79 bits per heavy atom. The average molecular weight is 366 g/mol. The molecule has 2 aliphatic heterocycles. The van der Waals surface area contributed by atoms with Gasteiger partial charge < -0.3 is 24.4 Å².